The molecule has 0 saturated heterocycles. The quantitative estimate of drug-likeness (QED) is 0.168. The van der Waals surface area contributed by atoms with Gasteiger partial charge in [0.2, 0.25) is 0 Å². The smallest absolute Gasteiger partial charge is 0.297 e. The molecule has 1 fully saturated rings. The Labute approximate surface area is 275 Å². The molecule has 1 aromatic carbocycles. The zero-order valence-electron chi connectivity index (χ0n) is 28.9. The highest BCUT2D eigenvalue weighted by molar-refractivity contribution is 6.74. The Morgan fingerprint density at radius 2 is 1.72 bits per heavy atom. The third-order valence-corrected chi connectivity index (χ3v) is 15.6. The number of ether oxygens (including phenoxy) is 1. The normalized spacial score (nSPS) is 28.0. The first kappa shape index (κ1) is 34.2. The average molecular weight is 648 g/mol. The molecule has 2 aromatic rings. The summed E-state index contributed by atoms with van der Waals surface area (Å²) in [5.41, 5.74) is 0.627. The number of pyridine rings is 1. The highest BCUT2D eigenvalue weighted by Crippen LogP contribution is 2.47. The standard InChI is InChI=1S/C38H53NO6Si/c1-24-9-20-31-28(21-24)13-10-25(2)33(31)36(41)34-35(40)32(27-14-18-30(19-15-27)45-46(7,8)38(3,4)5)22-39(37(34)42)44-23-26-11-16-29(43-6)17-12-26/h10-14,16-18,22,24-25,27-28,30-31,33,40H,9,15,19-21,23H2,1-8H3/t24-,25-,27-,28-,30-,31-,33-/m0/s1. The topological polar surface area (TPSA) is 87.0 Å². The van der Waals surface area contributed by atoms with E-state index >= 15 is 0 Å². The van der Waals surface area contributed by atoms with Gasteiger partial charge in [0, 0.05) is 17.4 Å². The van der Waals surface area contributed by atoms with Gasteiger partial charge in [-0.3, -0.25) is 9.59 Å². The third-order valence-electron chi connectivity index (χ3n) is 11.1. The van der Waals surface area contributed by atoms with Crippen molar-refractivity contribution in [3.05, 3.63) is 81.8 Å². The van der Waals surface area contributed by atoms with Crippen molar-refractivity contribution < 1.29 is 23.9 Å². The van der Waals surface area contributed by atoms with Gasteiger partial charge >= 0.3 is 0 Å². The van der Waals surface area contributed by atoms with Gasteiger partial charge in [0.15, 0.2) is 14.1 Å². The third kappa shape index (κ3) is 7.08. The van der Waals surface area contributed by atoms with Crippen LogP contribution in [0.15, 0.2) is 59.6 Å². The molecule has 250 valence electrons. The minimum absolute atomic E-state index is 0.00174. The van der Waals surface area contributed by atoms with Crippen molar-refractivity contribution in [1.82, 2.24) is 4.73 Å². The number of allylic oxidation sites excluding steroid dienone is 3. The van der Waals surface area contributed by atoms with Crippen LogP contribution in [0.25, 0.3) is 0 Å². The minimum Gasteiger partial charge on any atom is -0.507 e. The number of methoxy groups -OCH3 is 1. The SMILES string of the molecule is COc1ccc(COn2cc([C@H]3C=C[C@H](O[Si](C)(C)C(C)(C)C)CC3)c(O)c(C(=O)[C@@H]3[C@H]4CC[C@H](C)C[C@@H]4C=C[C@@H]3C)c2=O)cc1. The first-order chi connectivity index (χ1) is 21.7. The van der Waals surface area contributed by atoms with Gasteiger partial charge < -0.3 is 19.1 Å². The fraction of sp³-hybridized carbons (Fsp3) is 0.579. The summed E-state index contributed by atoms with van der Waals surface area (Å²) in [5, 5.41) is 11.9. The molecule has 46 heavy (non-hydrogen) atoms. The molecule has 1 saturated carbocycles. The molecular formula is C38H53NO6Si. The maximum absolute atomic E-state index is 14.5. The molecule has 1 heterocycles. The van der Waals surface area contributed by atoms with E-state index in [1.807, 2.05) is 24.3 Å². The Balaban J connectivity index is 1.50. The van der Waals surface area contributed by atoms with Gasteiger partial charge in [0.05, 0.1) is 19.4 Å². The van der Waals surface area contributed by atoms with Gasteiger partial charge in [-0.25, -0.2) is 0 Å². The zero-order chi connectivity index (χ0) is 33.4. The van der Waals surface area contributed by atoms with Crippen molar-refractivity contribution in [3.8, 4) is 11.5 Å². The van der Waals surface area contributed by atoms with Gasteiger partial charge in [-0.1, -0.05) is 77.5 Å². The molecule has 0 aliphatic heterocycles. The van der Waals surface area contributed by atoms with Crippen LogP contribution in [-0.2, 0) is 11.0 Å². The molecule has 7 nitrogen and oxygen atoms in total. The van der Waals surface area contributed by atoms with E-state index in [1.165, 1.54) is 4.73 Å². The summed E-state index contributed by atoms with van der Waals surface area (Å²) in [5.74, 6) is 0.747. The van der Waals surface area contributed by atoms with E-state index in [-0.39, 0.29) is 58.5 Å². The van der Waals surface area contributed by atoms with Crippen molar-refractivity contribution in [2.75, 3.05) is 7.11 Å². The zero-order valence-corrected chi connectivity index (χ0v) is 29.9. The molecule has 3 aliphatic rings. The van der Waals surface area contributed by atoms with E-state index in [1.54, 1.807) is 13.3 Å². The number of hydrogen-bond acceptors (Lipinski definition) is 6. The summed E-state index contributed by atoms with van der Waals surface area (Å²) in [7, 11) is -0.349. The van der Waals surface area contributed by atoms with Crippen molar-refractivity contribution in [2.24, 2.45) is 29.6 Å². The van der Waals surface area contributed by atoms with Crippen molar-refractivity contribution >= 4 is 14.1 Å². The molecule has 0 radical (unpaired) electrons. The monoisotopic (exact) mass is 647 g/mol. The van der Waals surface area contributed by atoms with E-state index in [9.17, 15) is 14.7 Å². The largest absolute Gasteiger partial charge is 0.507 e. The number of nitrogens with zero attached hydrogens (tertiary/aromatic N) is 1. The summed E-state index contributed by atoms with van der Waals surface area (Å²) < 4.78 is 13.1. The van der Waals surface area contributed by atoms with E-state index in [4.69, 9.17) is 14.0 Å². The molecule has 7 atom stereocenters. The summed E-state index contributed by atoms with van der Waals surface area (Å²) in [6.07, 6.45) is 14.7. The highest BCUT2D eigenvalue weighted by Gasteiger charge is 2.44. The van der Waals surface area contributed by atoms with Crippen molar-refractivity contribution in [1.29, 1.82) is 0 Å². The van der Waals surface area contributed by atoms with Crippen LogP contribution in [0.5, 0.6) is 11.5 Å². The van der Waals surface area contributed by atoms with E-state index in [0.717, 1.165) is 43.4 Å². The molecule has 0 bridgehead atoms. The summed E-state index contributed by atoms with van der Waals surface area (Å²) >= 11 is 0. The second kappa shape index (κ2) is 13.6. The lowest BCUT2D eigenvalue weighted by Gasteiger charge is -2.42. The van der Waals surface area contributed by atoms with Crippen LogP contribution in [0, 0.1) is 29.6 Å². The minimum atomic E-state index is -1.96. The summed E-state index contributed by atoms with van der Waals surface area (Å²) in [6, 6.07) is 7.44. The van der Waals surface area contributed by atoms with Crippen LogP contribution in [0.2, 0.25) is 18.1 Å². The van der Waals surface area contributed by atoms with Crippen LogP contribution in [0.4, 0.5) is 0 Å². The highest BCUT2D eigenvalue weighted by atomic mass is 28.4. The maximum Gasteiger partial charge on any atom is 0.297 e. The summed E-state index contributed by atoms with van der Waals surface area (Å²) in [6.45, 7) is 15.7. The molecule has 8 heteroatoms. The lowest BCUT2D eigenvalue weighted by atomic mass is 9.61. The number of carbonyl (C=O) groups excluding carboxylic acids is 1. The molecule has 0 spiro atoms. The van der Waals surface area contributed by atoms with Gasteiger partial charge in [0.1, 0.15) is 23.7 Å². The number of rotatable bonds is 9. The molecule has 0 unspecified atom stereocenters. The van der Waals surface area contributed by atoms with Crippen molar-refractivity contribution in [2.45, 2.75) is 103 Å². The molecule has 3 aliphatic carbocycles. The number of hydrogen-bond donors (Lipinski definition) is 1. The number of fused-ring (bicyclic) bond motifs is 1. The second-order valence-electron chi connectivity index (χ2n) is 15.4. The lowest BCUT2D eigenvalue weighted by Crippen LogP contribution is -2.44. The number of Topliss-reactive ketones (excluding diaryl/α,β-unsaturated/α-hetero) is 1. The maximum atomic E-state index is 14.5. The average Bonchev–Trinajstić information content (AvgIpc) is 3.00. The Morgan fingerprint density at radius 3 is 2.35 bits per heavy atom. The Hall–Kier alpha value is -3.10. The molecular weight excluding hydrogens is 595 g/mol. The Kier molecular flexibility index (Phi) is 10.1. The number of ketones is 1. The van der Waals surface area contributed by atoms with E-state index in [0.29, 0.717) is 17.4 Å². The molecule has 0 amide bonds. The van der Waals surface area contributed by atoms with Gasteiger partial charge in [-0.15, -0.1) is 0 Å². The van der Waals surface area contributed by atoms with Gasteiger partial charge in [-0.2, -0.15) is 4.73 Å². The lowest BCUT2D eigenvalue weighted by molar-refractivity contribution is 0.0662. The Morgan fingerprint density at radius 1 is 1.00 bits per heavy atom. The second-order valence-corrected chi connectivity index (χ2v) is 20.2. The van der Waals surface area contributed by atoms with Crippen LogP contribution in [-0.4, -0.2) is 37.2 Å². The van der Waals surface area contributed by atoms with Crippen LogP contribution in [0.1, 0.15) is 94.1 Å². The number of aromatic hydroxyl groups is 1. The Bertz CT molecular complexity index is 1520. The van der Waals surface area contributed by atoms with Crippen LogP contribution in [0.3, 0.4) is 0 Å². The summed E-state index contributed by atoms with van der Waals surface area (Å²) in [4.78, 5) is 34.6. The van der Waals surface area contributed by atoms with Gasteiger partial charge in [-0.05, 0) is 85.2 Å². The fourth-order valence-corrected chi connectivity index (χ4v) is 8.61. The first-order valence-corrected chi connectivity index (χ1v) is 19.9. The van der Waals surface area contributed by atoms with E-state index < -0.39 is 13.9 Å². The van der Waals surface area contributed by atoms with Crippen molar-refractivity contribution in [3.63, 3.8) is 0 Å². The fourth-order valence-electron chi connectivity index (χ4n) is 7.31. The predicted octanol–water partition coefficient (Wildman–Crippen LogP) is 8.07. The van der Waals surface area contributed by atoms with E-state index in [2.05, 4.69) is 72.0 Å². The molecule has 1 aromatic heterocycles. The number of benzene rings is 1. The number of carbonyl (C=O) groups is 1. The number of aromatic nitrogens is 1. The van der Waals surface area contributed by atoms with Gasteiger partial charge in [0.25, 0.3) is 5.56 Å². The molecule has 5 rings (SSSR count). The predicted molar refractivity (Wildman–Crippen MR) is 185 cm³/mol. The van der Waals surface area contributed by atoms with Crippen LogP contribution >= 0.6 is 0 Å². The first-order valence-electron chi connectivity index (χ1n) is 17.0. The van der Waals surface area contributed by atoms with Crippen LogP contribution < -0.4 is 15.1 Å². The molecule has 1 N–H and O–H groups in total.